The van der Waals surface area contributed by atoms with Gasteiger partial charge in [-0.1, -0.05) is 25.5 Å². The number of nitro benzene ring substituents is 1. The third-order valence-electron chi connectivity index (χ3n) is 4.11. The molecular formula is C21H22N2O7. The van der Waals surface area contributed by atoms with Gasteiger partial charge >= 0.3 is 11.9 Å². The summed E-state index contributed by atoms with van der Waals surface area (Å²) in [5, 5.41) is 13.7. The molecule has 30 heavy (non-hydrogen) atoms. The van der Waals surface area contributed by atoms with Gasteiger partial charge in [-0.3, -0.25) is 14.9 Å². The van der Waals surface area contributed by atoms with Gasteiger partial charge in [0.2, 0.25) is 0 Å². The maximum absolute atomic E-state index is 12.1. The Hall–Kier alpha value is -3.75. The first-order valence-electron chi connectivity index (χ1n) is 9.31. The highest BCUT2D eigenvalue weighted by molar-refractivity contribution is 5.98. The molecule has 0 aromatic heterocycles. The molecule has 0 atom stereocenters. The molecule has 2 rings (SSSR count). The van der Waals surface area contributed by atoms with Gasteiger partial charge in [-0.05, 0) is 43.7 Å². The summed E-state index contributed by atoms with van der Waals surface area (Å²) in [4.78, 5) is 46.5. The number of nitrogens with one attached hydrogen (secondary N) is 1. The first kappa shape index (κ1) is 22.5. The van der Waals surface area contributed by atoms with Crippen LogP contribution >= 0.6 is 0 Å². The summed E-state index contributed by atoms with van der Waals surface area (Å²) in [6, 6.07) is 10.3. The molecule has 0 saturated heterocycles. The van der Waals surface area contributed by atoms with E-state index in [2.05, 4.69) is 5.32 Å². The summed E-state index contributed by atoms with van der Waals surface area (Å²) < 4.78 is 9.99. The fraction of sp³-hybridized carbons (Fsp3) is 0.286. The minimum absolute atomic E-state index is 0.223. The Morgan fingerprint density at radius 3 is 2.37 bits per heavy atom. The number of amides is 1. The van der Waals surface area contributed by atoms with E-state index in [0.717, 1.165) is 12.8 Å². The van der Waals surface area contributed by atoms with E-state index in [9.17, 15) is 24.5 Å². The van der Waals surface area contributed by atoms with Crippen molar-refractivity contribution in [2.45, 2.75) is 26.7 Å². The average molecular weight is 414 g/mol. The third-order valence-corrected chi connectivity index (χ3v) is 4.11. The van der Waals surface area contributed by atoms with Crippen LogP contribution in [0.1, 0.15) is 46.0 Å². The number of hydrogen-bond acceptors (Lipinski definition) is 7. The van der Waals surface area contributed by atoms with Crippen LogP contribution in [0, 0.1) is 17.0 Å². The molecule has 0 unspecified atom stereocenters. The normalized spacial score (nSPS) is 10.2. The van der Waals surface area contributed by atoms with Crippen molar-refractivity contribution in [2.75, 3.05) is 18.5 Å². The fourth-order valence-corrected chi connectivity index (χ4v) is 2.55. The van der Waals surface area contributed by atoms with Crippen LogP contribution in [0.5, 0.6) is 0 Å². The number of carbonyl (C=O) groups excluding carboxylic acids is 3. The summed E-state index contributed by atoms with van der Waals surface area (Å²) >= 11 is 0. The molecule has 0 fully saturated rings. The van der Waals surface area contributed by atoms with Crippen molar-refractivity contribution in [1.29, 1.82) is 0 Å². The van der Waals surface area contributed by atoms with E-state index in [1.807, 2.05) is 6.92 Å². The average Bonchev–Trinajstić information content (AvgIpc) is 2.72. The largest absolute Gasteiger partial charge is 0.462 e. The Kier molecular flexibility index (Phi) is 8.04. The first-order chi connectivity index (χ1) is 14.3. The van der Waals surface area contributed by atoms with E-state index in [1.54, 1.807) is 0 Å². The Bertz CT molecular complexity index is 939. The van der Waals surface area contributed by atoms with E-state index in [4.69, 9.17) is 9.47 Å². The predicted octanol–water partition coefficient (Wildman–Crippen LogP) is 3.66. The molecule has 9 heteroatoms. The van der Waals surface area contributed by atoms with Crippen molar-refractivity contribution < 1.29 is 28.8 Å². The maximum Gasteiger partial charge on any atom is 0.345 e. The minimum Gasteiger partial charge on any atom is -0.462 e. The second-order valence-electron chi connectivity index (χ2n) is 6.42. The summed E-state index contributed by atoms with van der Waals surface area (Å²) in [5.74, 6) is -2.04. The van der Waals surface area contributed by atoms with Crippen molar-refractivity contribution in [3.8, 4) is 0 Å². The number of anilines is 1. The van der Waals surface area contributed by atoms with Gasteiger partial charge in [0, 0.05) is 11.3 Å². The fourth-order valence-electron chi connectivity index (χ4n) is 2.55. The molecule has 0 aliphatic rings. The molecular weight excluding hydrogens is 392 g/mol. The zero-order valence-corrected chi connectivity index (χ0v) is 16.7. The molecule has 2 aromatic carbocycles. The molecule has 0 aliphatic heterocycles. The number of ether oxygens (including phenoxy) is 2. The summed E-state index contributed by atoms with van der Waals surface area (Å²) in [5.41, 5.74) is 0.472. The van der Waals surface area contributed by atoms with Crippen molar-refractivity contribution in [2.24, 2.45) is 0 Å². The molecule has 1 N–H and O–H groups in total. The van der Waals surface area contributed by atoms with Gasteiger partial charge in [-0.2, -0.15) is 0 Å². The van der Waals surface area contributed by atoms with Crippen molar-refractivity contribution in [1.82, 2.24) is 0 Å². The number of rotatable bonds is 9. The van der Waals surface area contributed by atoms with E-state index in [0.29, 0.717) is 23.4 Å². The Labute approximate surface area is 173 Å². The number of nitro groups is 1. The molecule has 0 heterocycles. The van der Waals surface area contributed by atoms with Crippen LogP contribution in [0.2, 0.25) is 0 Å². The Morgan fingerprint density at radius 1 is 1.03 bits per heavy atom. The molecule has 2 aromatic rings. The molecule has 1 amide bonds. The zero-order valence-electron chi connectivity index (χ0n) is 16.7. The van der Waals surface area contributed by atoms with Gasteiger partial charge in [0.05, 0.1) is 17.1 Å². The lowest BCUT2D eigenvalue weighted by molar-refractivity contribution is -0.385. The lowest BCUT2D eigenvalue weighted by Gasteiger charge is -2.08. The Balaban J connectivity index is 1.91. The number of benzene rings is 2. The van der Waals surface area contributed by atoms with E-state index >= 15 is 0 Å². The van der Waals surface area contributed by atoms with Crippen molar-refractivity contribution >= 4 is 29.2 Å². The summed E-state index contributed by atoms with van der Waals surface area (Å²) in [6.45, 7) is 3.22. The summed E-state index contributed by atoms with van der Waals surface area (Å²) in [7, 11) is 0. The number of para-hydroxylation sites is 1. The van der Waals surface area contributed by atoms with Crippen LogP contribution in [-0.2, 0) is 14.3 Å². The van der Waals surface area contributed by atoms with Crippen molar-refractivity contribution in [3.63, 3.8) is 0 Å². The lowest BCUT2D eigenvalue weighted by Crippen LogP contribution is -2.21. The van der Waals surface area contributed by atoms with Crippen molar-refractivity contribution in [3.05, 3.63) is 69.3 Å². The van der Waals surface area contributed by atoms with Crippen LogP contribution in [0.3, 0.4) is 0 Å². The standard InChI is InChI=1S/C21H22N2O7/c1-3-4-12-29-20(25)15-8-10-16(11-9-15)22-18(24)13-30-21(26)17-7-5-6-14(2)19(17)23(27)28/h5-11H,3-4,12-13H2,1-2H3,(H,22,24). The number of nitrogens with zero attached hydrogens (tertiary/aromatic N) is 1. The SMILES string of the molecule is CCCCOC(=O)c1ccc(NC(=O)COC(=O)c2cccc(C)c2[N+](=O)[O-])cc1. The smallest absolute Gasteiger partial charge is 0.345 e. The number of hydrogen-bond donors (Lipinski definition) is 1. The molecule has 0 bridgehead atoms. The number of carbonyl (C=O) groups is 3. The first-order valence-corrected chi connectivity index (χ1v) is 9.31. The van der Waals surface area contributed by atoms with Crippen LogP contribution in [0.15, 0.2) is 42.5 Å². The zero-order chi connectivity index (χ0) is 22.1. The second-order valence-corrected chi connectivity index (χ2v) is 6.42. The van der Waals surface area contributed by atoms with E-state index in [1.165, 1.54) is 49.4 Å². The van der Waals surface area contributed by atoms with Crippen LogP contribution in [0.25, 0.3) is 0 Å². The highest BCUT2D eigenvalue weighted by Gasteiger charge is 2.24. The molecule has 0 radical (unpaired) electrons. The van der Waals surface area contributed by atoms with Crippen LogP contribution in [0.4, 0.5) is 11.4 Å². The van der Waals surface area contributed by atoms with Gasteiger partial charge < -0.3 is 14.8 Å². The third kappa shape index (κ3) is 6.13. The summed E-state index contributed by atoms with van der Waals surface area (Å²) in [6.07, 6.45) is 1.70. The van der Waals surface area contributed by atoms with Gasteiger partial charge in [0.15, 0.2) is 6.61 Å². The van der Waals surface area contributed by atoms with Gasteiger partial charge in [-0.25, -0.2) is 9.59 Å². The second kappa shape index (κ2) is 10.7. The van der Waals surface area contributed by atoms with Gasteiger partial charge in [0.25, 0.3) is 11.6 Å². The van der Waals surface area contributed by atoms with E-state index < -0.39 is 29.4 Å². The Morgan fingerprint density at radius 2 is 1.73 bits per heavy atom. The number of aryl methyl sites for hydroxylation is 1. The quantitative estimate of drug-likeness (QED) is 0.287. The highest BCUT2D eigenvalue weighted by atomic mass is 16.6. The van der Waals surface area contributed by atoms with E-state index in [-0.39, 0.29) is 11.3 Å². The van der Waals surface area contributed by atoms with Crippen LogP contribution < -0.4 is 5.32 Å². The molecule has 0 saturated carbocycles. The minimum atomic E-state index is -0.967. The maximum atomic E-state index is 12.1. The lowest BCUT2D eigenvalue weighted by atomic mass is 10.1. The highest BCUT2D eigenvalue weighted by Crippen LogP contribution is 2.23. The monoisotopic (exact) mass is 414 g/mol. The topological polar surface area (TPSA) is 125 Å². The van der Waals surface area contributed by atoms with Crippen LogP contribution in [-0.4, -0.2) is 36.0 Å². The van der Waals surface area contributed by atoms with Gasteiger partial charge in [-0.15, -0.1) is 0 Å². The number of esters is 2. The van der Waals surface area contributed by atoms with Gasteiger partial charge in [0.1, 0.15) is 5.56 Å². The molecule has 9 nitrogen and oxygen atoms in total. The predicted molar refractivity (Wildman–Crippen MR) is 108 cm³/mol. The number of unbranched alkanes of at least 4 members (excludes halogenated alkanes) is 1. The molecule has 0 aliphatic carbocycles. The molecule has 0 spiro atoms. The molecule has 158 valence electrons.